The third-order valence-corrected chi connectivity index (χ3v) is 4.68. The molecule has 1 amide bonds. The lowest BCUT2D eigenvalue weighted by Gasteiger charge is -2.35. The number of H-pyrrole nitrogens is 1. The fraction of sp³-hybridized carbons (Fsp3) is 0.333. The second kappa shape index (κ2) is 5.57. The molecular weight excluding hydrogens is 288 g/mol. The molecule has 5 nitrogen and oxygen atoms in total. The Morgan fingerprint density at radius 2 is 2.13 bits per heavy atom. The van der Waals surface area contributed by atoms with Crippen LogP contribution in [0.2, 0.25) is 0 Å². The SMILES string of the molecule is CC1c2cccn2CCN1C(=O)CCc1nc2ccccc2[nH]1. The molecule has 1 aliphatic heterocycles. The van der Waals surface area contributed by atoms with Crippen molar-refractivity contribution in [3.8, 4) is 0 Å². The van der Waals surface area contributed by atoms with Crippen molar-refractivity contribution in [2.24, 2.45) is 0 Å². The van der Waals surface area contributed by atoms with Crippen molar-refractivity contribution in [3.05, 3.63) is 54.1 Å². The number of hydrogen-bond acceptors (Lipinski definition) is 2. The molecule has 118 valence electrons. The molecule has 0 saturated carbocycles. The van der Waals surface area contributed by atoms with Gasteiger partial charge >= 0.3 is 0 Å². The van der Waals surface area contributed by atoms with Crippen molar-refractivity contribution < 1.29 is 4.79 Å². The Hall–Kier alpha value is -2.56. The molecule has 0 spiro atoms. The average molecular weight is 308 g/mol. The molecule has 3 heterocycles. The fourth-order valence-electron chi connectivity index (χ4n) is 3.41. The van der Waals surface area contributed by atoms with E-state index in [-0.39, 0.29) is 11.9 Å². The fourth-order valence-corrected chi connectivity index (χ4v) is 3.41. The second-order valence-electron chi connectivity index (χ2n) is 6.09. The first-order valence-electron chi connectivity index (χ1n) is 8.10. The Balaban J connectivity index is 1.44. The minimum absolute atomic E-state index is 0.141. The number of rotatable bonds is 3. The first-order chi connectivity index (χ1) is 11.2. The Kier molecular flexibility index (Phi) is 3.41. The van der Waals surface area contributed by atoms with E-state index in [2.05, 4.69) is 33.7 Å². The van der Waals surface area contributed by atoms with E-state index < -0.39 is 0 Å². The van der Waals surface area contributed by atoms with Crippen LogP contribution >= 0.6 is 0 Å². The number of fused-ring (bicyclic) bond motifs is 2. The Bertz CT molecular complexity index is 814. The summed E-state index contributed by atoms with van der Waals surface area (Å²) in [5.41, 5.74) is 3.20. The highest BCUT2D eigenvalue weighted by molar-refractivity contribution is 5.78. The number of aromatic nitrogens is 3. The van der Waals surface area contributed by atoms with E-state index in [9.17, 15) is 4.79 Å². The maximum Gasteiger partial charge on any atom is 0.223 e. The van der Waals surface area contributed by atoms with Gasteiger partial charge in [0.1, 0.15) is 5.82 Å². The maximum absolute atomic E-state index is 12.6. The molecule has 1 N–H and O–H groups in total. The number of imidazole rings is 1. The van der Waals surface area contributed by atoms with Gasteiger partial charge in [0, 0.05) is 37.8 Å². The number of carbonyl (C=O) groups excluding carboxylic acids is 1. The molecule has 4 rings (SSSR count). The van der Waals surface area contributed by atoms with Gasteiger partial charge in [0.2, 0.25) is 5.91 Å². The van der Waals surface area contributed by atoms with Gasteiger partial charge in [-0.15, -0.1) is 0 Å². The maximum atomic E-state index is 12.6. The van der Waals surface area contributed by atoms with E-state index in [1.807, 2.05) is 35.2 Å². The minimum atomic E-state index is 0.141. The van der Waals surface area contributed by atoms with E-state index in [1.54, 1.807) is 0 Å². The zero-order valence-corrected chi connectivity index (χ0v) is 13.2. The van der Waals surface area contributed by atoms with Gasteiger partial charge in [-0.1, -0.05) is 12.1 Å². The first-order valence-corrected chi connectivity index (χ1v) is 8.10. The third kappa shape index (κ3) is 2.52. The van der Waals surface area contributed by atoms with E-state index in [4.69, 9.17) is 0 Å². The zero-order chi connectivity index (χ0) is 15.8. The molecule has 5 heteroatoms. The largest absolute Gasteiger partial charge is 0.348 e. The molecule has 23 heavy (non-hydrogen) atoms. The van der Waals surface area contributed by atoms with Crippen molar-refractivity contribution in [3.63, 3.8) is 0 Å². The third-order valence-electron chi connectivity index (χ3n) is 4.68. The smallest absolute Gasteiger partial charge is 0.223 e. The van der Waals surface area contributed by atoms with Crippen LogP contribution in [0.1, 0.15) is 30.9 Å². The lowest BCUT2D eigenvalue weighted by Crippen LogP contribution is -2.40. The van der Waals surface area contributed by atoms with Crippen LogP contribution in [0.3, 0.4) is 0 Å². The molecule has 0 aliphatic carbocycles. The van der Waals surface area contributed by atoms with E-state index in [0.29, 0.717) is 12.8 Å². The summed E-state index contributed by atoms with van der Waals surface area (Å²) in [7, 11) is 0. The molecule has 3 aromatic rings. The molecule has 1 aromatic carbocycles. The molecule has 2 aromatic heterocycles. The summed E-state index contributed by atoms with van der Waals surface area (Å²) in [4.78, 5) is 22.4. The zero-order valence-electron chi connectivity index (χ0n) is 13.2. The van der Waals surface area contributed by atoms with Crippen LogP contribution in [0.4, 0.5) is 0 Å². The highest BCUT2D eigenvalue weighted by Crippen LogP contribution is 2.26. The van der Waals surface area contributed by atoms with Crippen molar-refractivity contribution in [1.82, 2.24) is 19.4 Å². The van der Waals surface area contributed by atoms with Gasteiger partial charge in [-0.05, 0) is 31.2 Å². The van der Waals surface area contributed by atoms with Crippen LogP contribution in [0.5, 0.6) is 0 Å². The second-order valence-corrected chi connectivity index (χ2v) is 6.09. The number of para-hydroxylation sites is 2. The van der Waals surface area contributed by atoms with Crippen molar-refractivity contribution in [2.75, 3.05) is 6.54 Å². The summed E-state index contributed by atoms with van der Waals surface area (Å²) < 4.78 is 2.23. The number of aromatic amines is 1. The molecule has 1 atom stereocenters. The van der Waals surface area contributed by atoms with Crippen molar-refractivity contribution in [1.29, 1.82) is 0 Å². The lowest BCUT2D eigenvalue weighted by atomic mass is 10.1. The lowest BCUT2D eigenvalue weighted by molar-refractivity contribution is -0.134. The van der Waals surface area contributed by atoms with Gasteiger partial charge in [-0.3, -0.25) is 4.79 Å². The van der Waals surface area contributed by atoms with Gasteiger partial charge in [-0.2, -0.15) is 0 Å². The van der Waals surface area contributed by atoms with E-state index in [1.165, 1.54) is 5.69 Å². The number of amides is 1. The Morgan fingerprint density at radius 1 is 1.26 bits per heavy atom. The normalized spacial score (nSPS) is 17.4. The van der Waals surface area contributed by atoms with Gasteiger partial charge in [0.25, 0.3) is 0 Å². The van der Waals surface area contributed by atoms with E-state index >= 15 is 0 Å². The summed E-state index contributed by atoms with van der Waals surface area (Å²) in [6.45, 7) is 3.76. The van der Waals surface area contributed by atoms with E-state index in [0.717, 1.165) is 29.9 Å². The van der Waals surface area contributed by atoms with Gasteiger partial charge in [0.15, 0.2) is 0 Å². The monoisotopic (exact) mass is 308 g/mol. The number of benzene rings is 1. The topological polar surface area (TPSA) is 53.9 Å². The van der Waals surface area contributed by atoms with Crippen molar-refractivity contribution >= 4 is 16.9 Å². The summed E-state index contributed by atoms with van der Waals surface area (Å²) >= 11 is 0. The number of nitrogens with one attached hydrogen (secondary N) is 1. The Labute approximate surface area is 134 Å². The van der Waals surface area contributed by atoms with Crippen LogP contribution in [0, 0.1) is 0 Å². The predicted octanol–water partition coefficient (Wildman–Crippen LogP) is 2.90. The van der Waals surface area contributed by atoms with Gasteiger partial charge < -0.3 is 14.5 Å². The van der Waals surface area contributed by atoms with Crippen LogP contribution in [-0.2, 0) is 17.8 Å². The molecule has 0 radical (unpaired) electrons. The number of hydrogen-bond donors (Lipinski definition) is 1. The van der Waals surface area contributed by atoms with Gasteiger partial charge in [0.05, 0.1) is 17.1 Å². The number of carbonyl (C=O) groups is 1. The highest BCUT2D eigenvalue weighted by Gasteiger charge is 2.27. The quantitative estimate of drug-likeness (QED) is 0.809. The number of aryl methyl sites for hydroxylation is 1. The average Bonchev–Trinajstić information content (AvgIpc) is 3.19. The molecule has 0 fully saturated rings. The molecular formula is C18H20N4O. The highest BCUT2D eigenvalue weighted by atomic mass is 16.2. The summed E-state index contributed by atoms with van der Waals surface area (Å²) in [6, 6.07) is 12.2. The summed E-state index contributed by atoms with van der Waals surface area (Å²) in [5.74, 6) is 1.08. The van der Waals surface area contributed by atoms with Crippen molar-refractivity contribution in [2.45, 2.75) is 32.4 Å². The van der Waals surface area contributed by atoms with Crippen LogP contribution < -0.4 is 0 Å². The first kappa shape index (κ1) is 14.1. The van der Waals surface area contributed by atoms with Gasteiger partial charge in [-0.25, -0.2) is 4.98 Å². The number of nitrogens with zero attached hydrogens (tertiary/aromatic N) is 3. The standard InChI is InChI=1S/C18H20N4O/c1-13-16-7-4-10-21(16)11-12-22(13)18(23)9-8-17-19-14-5-2-3-6-15(14)20-17/h2-7,10,13H,8-9,11-12H2,1H3,(H,19,20). The minimum Gasteiger partial charge on any atom is -0.348 e. The molecule has 0 bridgehead atoms. The van der Waals surface area contributed by atoms with Crippen LogP contribution in [0.15, 0.2) is 42.6 Å². The molecule has 1 unspecified atom stereocenters. The van der Waals surface area contributed by atoms with Crippen LogP contribution in [0.25, 0.3) is 11.0 Å². The Morgan fingerprint density at radius 3 is 3.00 bits per heavy atom. The summed E-state index contributed by atoms with van der Waals surface area (Å²) in [6.07, 6.45) is 3.23. The van der Waals surface area contributed by atoms with Crippen LogP contribution in [-0.4, -0.2) is 31.9 Å². The summed E-state index contributed by atoms with van der Waals surface area (Å²) in [5, 5.41) is 0. The molecule has 0 saturated heterocycles. The predicted molar refractivity (Wildman–Crippen MR) is 89.0 cm³/mol. The molecule has 1 aliphatic rings.